The SMILES string of the molecule is COc1cc(S(=O)(=O)N2C[C@H](CCC(=O)O)Oc3ccc(/C=C(\C)C4CCCCC4)cc32)ccc1F. The Morgan fingerprint density at radius 3 is 2.64 bits per heavy atom. The lowest BCUT2D eigenvalue weighted by Gasteiger charge is -2.35. The number of carboxylic acid groups (broad SMARTS) is 1. The number of hydrogen-bond acceptors (Lipinski definition) is 5. The molecule has 2 aliphatic rings. The summed E-state index contributed by atoms with van der Waals surface area (Å²) in [4.78, 5) is 11.0. The monoisotopic (exact) mass is 517 g/mol. The van der Waals surface area contributed by atoms with Crippen LogP contribution in [-0.4, -0.2) is 39.3 Å². The van der Waals surface area contributed by atoms with Crippen LogP contribution < -0.4 is 13.8 Å². The van der Waals surface area contributed by atoms with Gasteiger partial charge in [-0.25, -0.2) is 12.8 Å². The van der Waals surface area contributed by atoms with E-state index in [9.17, 15) is 17.6 Å². The van der Waals surface area contributed by atoms with Gasteiger partial charge in [0.05, 0.1) is 24.2 Å². The van der Waals surface area contributed by atoms with Gasteiger partial charge in [-0.2, -0.15) is 0 Å². The van der Waals surface area contributed by atoms with Crippen molar-refractivity contribution < 1.29 is 32.2 Å². The topological polar surface area (TPSA) is 93.1 Å². The molecule has 0 amide bonds. The van der Waals surface area contributed by atoms with E-state index in [4.69, 9.17) is 14.6 Å². The van der Waals surface area contributed by atoms with Gasteiger partial charge in [0.2, 0.25) is 0 Å². The van der Waals surface area contributed by atoms with E-state index in [1.807, 2.05) is 6.07 Å². The van der Waals surface area contributed by atoms with Crippen LogP contribution in [0.15, 0.2) is 46.9 Å². The fourth-order valence-corrected chi connectivity index (χ4v) is 6.46. The van der Waals surface area contributed by atoms with Gasteiger partial charge in [0.25, 0.3) is 10.0 Å². The molecule has 0 unspecified atom stereocenters. The fraction of sp³-hybridized carbons (Fsp3) is 0.444. The quantitative estimate of drug-likeness (QED) is 0.487. The molecule has 0 aromatic heterocycles. The van der Waals surface area contributed by atoms with E-state index in [2.05, 4.69) is 13.0 Å². The van der Waals surface area contributed by atoms with Crippen molar-refractivity contribution in [1.82, 2.24) is 0 Å². The zero-order chi connectivity index (χ0) is 25.9. The van der Waals surface area contributed by atoms with E-state index in [0.29, 0.717) is 17.4 Å². The number of nitrogens with zero attached hydrogens (tertiary/aromatic N) is 1. The van der Waals surface area contributed by atoms with E-state index in [1.54, 1.807) is 12.1 Å². The first kappa shape index (κ1) is 26.0. The van der Waals surface area contributed by atoms with Crippen LogP contribution in [0.3, 0.4) is 0 Å². The average molecular weight is 518 g/mol. The number of sulfonamides is 1. The smallest absolute Gasteiger partial charge is 0.303 e. The zero-order valence-electron chi connectivity index (χ0n) is 20.6. The van der Waals surface area contributed by atoms with Crippen LogP contribution in [0.2, 0.25) is 0 Å². The molecule has 1 atom stereocenters. The second kappa shape index (κ2) is 10.9. The summed E-state index contributed by atoms with van der Waals surface area (Å²) in [5.74, 6) is -0.934. The third kappa shape index (κ3) is 5.67. The third-order valence-electron chi connectivity index (χ3n) is 6.95. The van der Waals surface area contributed by atoms with Crippen LogP contribution in [0, 0.1) is 11.7 Å². The Morgan fingerprint density at radius 1 is 1.19 bits per heavy atom. The number of fused-ring (bicyclic) bond motifs is 1. The summed E-state index contributed by atoms with van der Waals surface area (Å²) < 4.78 is 53.7. The molecule has 1 heterocycles. The van der Waals surface area contributed by atoms with Crippen molar-refractivity contribution in [3.63, 3.8) is 0 Å². The molecule has 2 aromatic carbocycles. The Morgan fingerprint density at radius 2 is 1.94 bits per heavy atom. The standard InChI is InChI=1S/C27H32FNO6S/c1-18(20-6-4-3-5-7-20)14-19-8-12-25-24(15-19)29(17-21(35-25)9-13-27(30)31)36(32,33)22-10-11-23(28)26(16-22)34-2/h8,10-12,14-16,20-21H,3-7,9,13,17H2,1-2H3,(H,30,31)/b18-14+/t21-/m0/s1. The first-order chi connectivity index (χ1) is 17.2. The summed E-state index contributed by atoms with van der Waals surface area (Å²) in [5, 5.41) is 9.11. The lowest BCUT2D eigenvalue weighted by Crippen LogP contribution is -2.43. The van der Waals surface area contributed by atoms with Crippen LogP contribution in [0.5, 0.6) is 11.5 Å². The maximum Gasteiger partial charge on any atom is 0.303 e. The third-order valence-corrected chi connectivity index (χ3v) is 8.72. The maximum atomic E-state index is 14.0. The first-order valence-electron chi connectivity index (χ1n) is 12.3. The van der Waals surface area contributed by atoms with Crippen LogP contribution in [-0.2, 0) is 14.8 Å². The number of rotatable bonds is 8. The average Bonchev–Trinajstić information content (AvgIpc) is 2.87. The van der Waals surface area contributed by atoms with Gasteiger partial charge in [-0.3, -0.25) is 9.10 Å². The maximum absolute atomic E-state index is 14.0. The molecule has 9 heteroatoms. The van der Waals surface area contributed by atoms with E-state index in [1.165, 1.54) is 42.3 Å². The molecule has 0 bridgehead atoms. The van der Waals surface area contributed by atoms with Gasteiger partial charge in [-0.15, -0.1) is 0 Å². The summed E-state index contributed by atoms with van der Waals surface area (Å²) in [6.45, 7) is 2.06. The second-order valence-corrected chi connectivity index (χ2v) is 11.3. The van der Waals surface area contributed by atoms with Crippen molar-refractivity contribution in [2.75, 3.05) is 18.0 Å². The zero-order valence-corrected chi connectivity index (χ0v) is 21.4. The van der Waals surface area contributed by atoms with Gasteiger partial charge in [0.1, 0.15) is 11.9 Å². The van der Waals surface area contributed by atoms with Crippen molar-refractivity contribution in [1.29, 1.82) is 0 Å². The minimum absolute atomic E-state index is 0.0585. The number of hydrogen-bond donors (Lipinski definition) is 1. The van der Waals surface area contributed by atoms with Gasteiger partial charge in [0.15, 0.2) is 11.6 Å². The molecular weight excluding hydrogens is 485 g/mol. The van der Waals surface area contributed by atoms with Crippen LogP contribution >= 0.6 is 0 Å². The van der Waals surface area contributed by atoms with E-state index < -0.39 is 27.9 Å². The molecule has 194 valence electrons. The van der Waals surface area contributed by atoms with Gasteiger partial charge in [-0.05, 0) is 61.9 Å². The molecule has 0 spiro atoms. The van der Waals surface area contributed by atoms with Crippen LogP contribution in [0.1, 0.15) is 57.4 Å². The summed E-state index contributed by atoms with van der Waals surface area (Å²) in [6.07, 6.45) is 7.48. The minimum atomic E-state index is -4.12. The lowest BCUT2D eigenvalue weighted by atomic mass is 9.84. The molecule has 1 aliphatic carbocycles. The summed E-state index contributed by atoms with van der Waals surface area (Å²) in [5.41, 5.74) is 2.50. The first-order valence-corrected chi connectivity index (χ1v) is 13.7. The normalized spacial score (nSPS) is 18.9. The van der Waals surface area contributed by atoms with Gasteiger partial charge >= 0.3 is 5.97 Å². The number of aliphatic carboxylic acids is 1. The molecule has 1 N–H and O–H groups in total. The van der Waals surface area contributed by atoms with E-state index >= 15 is 0 Å². The van der Waals surface area contributed by atoms with Crippen molar-refractivity contribution in [2.45, 2.75) is 62.9 Å². The Balaban J connectivity index is 1.73. The summed E-state index contributed by atoms with van der Waals surface area (Å²) in [6, 6.07) is 8.82. The van der Waals surface area contributed by atoms with Gasteiger partial charge in [-0.1, -0.05) is 37.0 Å². The Bertz CT molecular complexity index is 1250. The predicted octanol–water partition coefficient (Wildman–Crippen LogP) is 5.64. The minimum Gasteiger partial charge on any atom is -0.494 e. The molecule has 2 aromatic rings. The van der Waals surface area contributed by atoms with Crippen molar-refractivity contribution >= 4 is 27.8 Å². The van der Waals surface area contributed by atoms with Crippen molar-refractivity contribution in [3.8, 4) is 11.5 Å². The molecular formula is C27H32FNO6S. The molecule has 0 radical (unpaired) electrons. The Hall–Kier alpha value is -3.07. The van der Waals surface area contributed by atoms with Crippen LogP contribution in [0.25, 0.3) is 6.08 Å². The molecule has 7 nitrogen and oxygen atoms in total. The Kier molecular flexibility index (Phi) is 7.88. The number of carbonyl (C=O) groups is 1. The largest absolute Gasteiger partial charge is 0.494 e. The fourth-order valence-electron chi connectivity index (χ4n) is 4.95. The second-order valence-electron chi connectivity index (χ2n) is 9.46. The van der Waals surface area contributed by atoms with Crippen molar-refractivity contribution in [2.24, 2.45) is 5.92 Å². The Labute approximate surface area is 211 Å². The van der Waals surface area contributed by atoms with E-state index in [0.717, 1.165) is 30.5 Å². The number of allylic oxidation sites excluding steroid dienone is 1. The lowest BCUT2D eigenvalue weighted by molar-refractivity contribution is -0.137. The summed E-state index contributed by atoms with van der Waals surface area (Å²) >= 11 is 0. The summed E-state index contributed by atoms with van der Waals surface area (Å²) in [7, 11) is -2.85. The number of methoxy groups -OCH3 is 1. The predicted molar refractivity (Wildman–Crippen MR) is 135 cm³/mol. The number of benzene rings is 2. The van der Waals surface area contributed by atoms with Gasteiger partial charge < -0.3 is 14.6 Å². The highest BCUT2D eigenvalue weighted by molar-refractivity contribution is 7.92. The number of halogens is 1. The number of anilines is 1. The molecule has 1 saturated carbocycles. The van der Waals surface area contributed by atoms with Gasteiger partial charge in [0, 0.05) is 12.5 Å². The molecule has 36 heavy (non-hydrogen) atoms. The number of ether oxygens (including phenoxy) is 2. The highest BCUT2D eigenvalue weighted by atomic mass is 32.2. The molecule has 0 saturated heterocycles. The highest BCUT2D eigenvalue weighted by Crippen LogP contribution is 2.40. The van der Waals surface area contributed by atoms with Crippen LogP contribution in [0.4, 0.5) is 10.1 Å². The molecule has 4 rings (SSSR count). The highest BCUT2D eigenvalue weighted by Gasteiger charge is 2.35. The molecule has 1 fully saturated rings. The van der Waals surface area contributed by atoms with Crippen molar-refractivity contribution in [3.05, 3.63) is 53.4 Å². The number of carboxylic acids is 1. The van der Waals surface area contributed by atoms with E-state index in [-0.39, 0.29) is 30.0 Å². The molecule has 1 aliphatic heterocycles.